The zero-order chi connectivity index (χ0) is 9.97. The van der Waals surface area contributed by atoms with Gasteiger partial charge in [-0.1, -0.05) is 6.08 Å². The minimum atomic E-state index is -0.246. The molecule has 0 heterocycles. The molecule has 0 fully saturated rings. The van der Waals surface area contributed by atoms with Gasteiger partial charge in [-0.3, -0.25) is 0 Å². The van der Waals surface area contributed by atoms with Gasteiger partial charge in [0.05, 0.1) is 7.11 Å². The molecule has 0 N–H and O–H groups in total. The lowest BCUT2D eigenvalue weighted by Crippen LogP contribution is -1.91. The summed E-state index contributed by atoms with van der Waals surface area (Å²) in [4.78, 5) is 0. The predicted molar refractivity (Wildman–Crippen MR) is 54.8 cm³/mol. The number of hydrogen-bond acceptors (Lipinski definition) is 1. The summed E-state index contributed by atoms with van der Waals surface area (Å²) in [7, 11) is 1.58. The standard InChI is InChI=1S/C12H13FO/c1-14-12-8-10(13)6-7-11(12)9-4-2-3-5-9/h4,6-8H,2-3,5H2,1H3. The summed E-state index contributed by atoms with van der Waals surface area (Å²) in [6, 6.07) is 4.72. The summed E-state index contributed by atoms with van der Waals surface area (Å²) < 4.78 is 18.1. The van der Waals surface area contributed by atoms with Crippen LogP contribution in [-0.2, 0) is 0 Å². The number of hydrogen-bond donors (Lipinski definition) is 0. The Balaban J connectivity index is 2.41. The minimum absolute atomic E-state index is 0.246. The summed E-state index contributed by atoms with van der Waals surface area (Å²) in [6.07, 6.45) is 5.59. The summed E-state index contributed by atoms with van der Waals surface area (Å²) in [6.45, 7) is 0. The van der Waals surface area contributed by atoms with Crippen LogP contribution in [0.1, 0.15) is 24.8 Å². The van der Waals surface area contributed by atoms with Crippen molar-refractivity contribution in [2.24, 2.45) is 0 Å². The Morgan fingerprint density at radius 3 is 2.86 bits per heavy atom. The number of ether oxygens (including phenoxy) is 1. The van der Waals surface area contributed by atoms with E-state index in [0.717, 1.165) is 18.4 Å². The van der Waals surface area contributed by atoms with Crippen LogP contribution in [0.5, 0.6) is 5.75 Å². The number of rotatable bonds is 2. The van der Waals surface area contributed by atoms with Crippen molar-refractivity contribution in [3.05, 3.63) is 35.7 Å². The first-order chi connectivity index (χ1) is 6.81. The zero-order valence-corrected chi connectivity index (χ0v) is 8.22. The molecule has 0 saturated carbocycles. The van der Waals surface area contributed by atoms with E-state index in [1.54, 1.807) is 13.2 Å². The van der Waals surface area contributed by atoms with Crippen molar-refractivity contribution >= 4 is 5.57 Å². The van der Waals surface area contributed by atoms with Gasteiger partial charge in [0.15, 0.2) is 0 Å². The lowest BCUT2D eigenvalue weighted by atomic mass is 10.0. The summed E-state index contributed by atoms with van der Waals surface area (Å²) in [5, 5.41) is 0. The third kappa shape index (κ3) is 1.65. The SMILES string of the molecule is COc1cc(F)ccc1C1=CCCC1. The van der Waals surface area contributed by atoms with Crippen molar-refractivity contribution in [3.8, 4) is 5.75 Å². The van der Waals surface area contributed by atoms with Gasteiger partial charge in [0.2, 0.25) is 0 Å². The fourth-order valence-corrected chi connectivity index (χ4v) is 1.85. The second-order valence-corrected chi connectivity index (χ2v) is 3.47. The van der Waals surface area contributed by atoms with E-state index in [0.29, 0.717) is 5.75 Å². The van der Waals surface area contributed by atoms with Gasteiger partial charge in [-0.25, -0.2) is 4.39 Å². The van der Waals surface area contributed by atoms with E-state index in [-0.39, 0.29) is 5.82 Å². The van der Waals surface area contributed by atoms with Crippen LogP contribution in [0.2, 0.25) is 0 Å². The molecule has 1 nitrogen and oxygen atoms in total. The molecular weight excluding hydrogens is 179 g/mol. The highest BCUT2D eigenvalue weighted by atomic mass is 19.1. The first-order valence-corrected chi connectivity index (χ1v) is 4.84. The lowest BCUT2D eigenvalue weighted by molar-refractivity contribution is 0.410. The van der Waals surface area contributed by atoms with Crippen LogP contribution in [0.3, 0.4) is 0 Å². The first kappa shape index (κ1) is 9.25. The topological polar surface area (TPSA) is 9.23 Å². The van der Waals surface area contributed by atoms with Crippen LogP contribution in [0.15, 0.2) is 24.3 Å². The monoisotopic (exact) mass is 192 g/mol. The fourth-order valence-electron chi connectivity index (χ4n) is 1.85. The smallest absolute Gasteiger partial charge is 0.129 e. The Labute approximate surface area is 83.2 Å². The van der Waals surface area contributed by atoms with Crippen LogP contribution in [-0.4, -0.2) is 7.11 Å². The Bertz CT molecular complexity index is 369. The van der Waals surface area contributed by atoms with Gasteiger partial charge < -0.3 is 4.74 Å². The van der Waals surface area contributed by atoms with Gasteiger partial charge in [-0.05, 0) is 37.0 Å². The van der Waals surface area contributed by atoms with E-state index in [1.165, 1.54) is 24.1 Å². The van der Waals surface area contributed by atoms with Crippen molar-refractivity contribution in [1.82, 2.24) is 0 Å². The highest BCUT2D eigenvalue weighted by Gasteiger charge is 2.12. The molecular formula is C12H13FO. The molecule has 1 aliphatic rings. The molecule has 2 rings (SSSR count). The van der Waals surface area contributed by atoms with Gasteiger partial charge >= 0.3 is 0 Å². The molecule has 0 radical (unpaired) electrons. The Morgan fingerprint density at radius 1 is 1.36 bits per heavy atom. The summed E-state index contributed by atoms with van der Waals surface area (Å²) in [5.41, 5.74) is 2.31. The molecule has 1 aromatic rings. The minimum Gasteiger partial charge on any atom is -0.496 e. The maximum Gasteiger partial charge on any atom is 0.129 e. The van der Waals surface area contributed by atoms with Crippen LogP contribution >= 0.6 is 0 Å². The number of halogens is 1. The van der Waals surface area contributed by atoms with Gasteiger partial charge in [-0.2, -0.15) is 0 Å². The zero-order valence-electron chi connectivity index (χ0n) is 8.22. The Kier molecular flexibility index (Phi) is 2.53. The van der Waals surface area contributed by atoms with Crippen LogP contribution in [0, 0.1) is 5.82 Å². The average molecular weight is 192 g/mol. The van der Waals surface area contributed by atoms with Crippen LogP contribution < -0.4 is 4.74 Å². The van der Waals surface area contributed by atoms with Gasteiger partial charge in [0, 0.05) is 11.6 Å². The van der Waals surface area contributed by atoms with E-state index in [2.05, 4.69) is 6.08 Å². The lowest BCUT2D eigenvalue weighted by Gasteiger charge is -2.08. The van der Waals surface area contributed by atoms with E-state index in [9.17, 15) is 4.39 Å². The molecule has 1 aromatic carbocycles. The molecule has 0 unspecified atom stereocenters. The second kappa shape index (κ2) is 3.82. The van der Waals surface area contributed by atoms with Crippen molar-refractivity contribution in [2.75, 3.05) is 7.11 Å². The highest BCUT2D eigenvalue weighted by molar-refractivity contribution is 5.71. The molecule has 0 atom stereocenters. The van der Waals surface area contributed by atoms with Crippen molar-refractivity contribution in [1.29, 1.82) is 0 Å². The Morgan fingerprint density at radius 2 is 2.21 bits per heavy atom. The molecule has 2 heteroatoms. The normalized spacial score (nSPS) is 15.4. The van der Waals surface area contributed by atoms with Crippen molar-refractivity contribution in [2.45, 2.75) is 19.3 Å². The Hall–Kier alpha value is -1.31. The fraction of sp³-hybridized carbons (Fsp3) is 0.333. The van der Waals surface area contributed by atoms with Crippen LogP contribution in [0.25, 0.3) is 5.57 Å². The van der Waals surface area contributed by atoms with E-state index in [1.807, 2.05) is 0 Å². The first-order valence-electron chi connectivity index (χ1n) is 4.84. The van der Waals surface area contributed by atoms with Gasteiger partial charge in [-0.15, -0.1) is 0 Å². The average Bonchev–Trinajstić information content (AvgIpc) is 2.70. The maximum atomic E-state index is 12.9. The molecule has 14 heavy (non-hydrogen) atoms. The van der Waals surface area contributed by atoms with E-state index < -0.39 is 0 Å². The molecule has 0 aromatic heterocycles. The van der Waals surface area contributed by atoms with E-state index >= 15 is 0 Å². The van der Waals surface area contributed by atoms with Crippen molar-refractivity contribution < 1.29 is 9.13 Å². The molecule has 0 saturated heterocycles. The third-order valence-corrected chi connectivity index (χ3v) is 2.55. The second-order valence-electron chi connectivity index (χ2n) is 3.47. The number of allylic oxidation sites excluding steroid dienone is 2. The van der Waals surface area contributed by atoms with Crippen LogP contribution in [0.4, 0.5) is 4.39 Å². The van der Waals surface area contributed by atoms with Crippen molar-refractivity contribution in [3.63, 3.8) is 0 Å². The van der Waals surface area contributed by atoms with E-state index in [4.69, 9.17) is 4.74 Å². The quantitative estimate of drug-likeness (QED) is 0.697. The van der Waals surface area contributed by atoms with Gasteiger partial charge in [0.25, 0.3) is 0 Å². The molecule has 0 aliphatic heterocycles. The molecule has 1 aliphatic carbocycles. The molecule has 0 bridgehead atoms. The maximum absolute atomic E-state index is 12.9. The summed E-state index contributed by atoms with van der Waals surface area (Å²) >= 11 is 0. The largest absolute Gasteiger partial charge is 0.496 e. The number of benzene rings is 1. The molecule has 0 spiro atoms. The third-order valence-electron chi connectivity index (χ3n) is 2.55. The molecule has 0 amide bonds. The summed E-state index contributed by atoms with van der Waals surface area (Å²) in [5.74, 6) is 0.391. The van der Waals surface area contributed by atoms with Gasteiger partial charge in [0.1, 0.15) is 11.6 Å². The predicted octanol–water partition coefficient (Wildman–Crippen LogP) is 3.40. The molecule has 74 valence electrons. The highest BCUT2D eigenvalue weighted by Crippen LogP contribution is 2.33. The number of methoxy groups -OCH3 is 1.